The van der Waals surface area contributed by atoms with Gasteiger partial charge in [-0.2, -0.15) is 0 Å². The van der Waals surface area contributed by atoms with Gasteiger partial charge in [0.25, 0.3) is 0 Å². The number of aliphatic imine (C=N–C) groups is 1. The molecule has 2 atom stereocenters. The largest absolute Gasteiger partial charge is 0.491 e. The molecule has 30 heavy (non-hydrogen) atoms. The van der Waals surface area contributed by atoms with E-state index in [1.54, 1.807) is 7.11 Å². The molecule has 0 radical (unpaired) electrons. The predicted molar refractivity (Wildman–Crippen MR) is 120 cm³/mol. The number of rotatable bonds is 10. The molecule has 2 aliphatic heterocycles. The van der Waals surface area contributed by atoms with Crippen LogP contribution < -0.4 is 15.4 Å². The van der Waals surface area contributed by atoms with Crippen LogP contribution in [-0.4, -0.2) is 76.6 Å². The van der Waals surface area contributed by atoms with Crippen molar-refractivity contribution < 1.29 is 14.2 Å². The van der Waals surface area contributed by atoms with Gasteiger partial charge in [-0.1, -0.05) is 12.1 Å². The topological polar surface area (TPSA) is 67.4 Å². The summed E-state index contributed by atoms with van der Waals surface area (Å²) in [5, 5.41) is 6.93. The lowest BCUT2D eigenvalue weighted by molar-refractivity contribution is 0.0676. The number of ether oxygens (including phenoxy) is 3. The first-order chi connectivity index (χ1) is 14.7. The quantitative estimate of drug-likeness (QED) is 0.449. The van der Waals surface area contributed by atoms with E-state index < -0.39 is 0 Å². The lowest BCUT2D eigenvalue weighted by Crippen LogP contribution is -2.45. The van der Waals surface area contributed by atoms with E-state index in [0.29, 0.717) is 19.2 Å². The fourth-order valence-electron chi connectivity index (χ4n) is 4.14. The number of hydrogen-bond acceptors (Lipinski definition) is 5. The Morgan fingerprint density at radius 1 is 1.27 bits per heavy atom. The molecule has 168 valence electrons. The number of aryl methyl sites for hydroxylation is 1. The molecule has 2 saturated heterocycles. The van der Waals surface area contributed by atoms with E-state index in [9.17, 15) is 0 Å². The van der Waals surface area contributed by atoms with E-state index in [0.717, 1.165) is 63.0 Å². The van der Waals surface area contributed by atoms with Crippen molar-refractivity contribution in [1.29, 1.82) is 0 Å². The number of nitrogens with zero attached hydrogens (tertiary/aromatic N) is 2. The van der Waals surface area contributed by atoms with Gasteiger partial charge in [0.2, 0.25) is 0 Å². The smallest absolute Gasteiger partial charge is 0.191 e. The Bertz CT molecular complexity index is 676. The number of nitrogens with one attached hydrogen (secondary N) is 2. The van der Waals surface area contributed by atoms with Crippen LogP contribution in [0.25, 0.3) is 0 Å². The van der Waals surface area contributed by atoms with Crippen molar-refractivity contribution in [2.24, 2.45) is 4.99 Å². The highest BCUT2D eigenvalue weighted by Gasteiger charge is 2.24. The highest BCUT2D eigenvalue weighted by Crippen LogP contribution is 2.22. The molecule has 1 aromatic rings. The lowest BCUT2D eigenvalue weighted by Gasteiger charge is -2.25. The molecule has 2 unspecified atom stereocenters. The molecule has 0 aliphatic carbocycles. The summed E-state index contributed by atoms with van der Waals surface area (Å²) in [6.45, 7) is 8.03. The molecule has 0 amide bonds. The fraction of sp³-hybridized carbons (Fsp3) is 0.696. The second-order valence-corrected chi connectivity index (χ2v) is 8.19. The Kier molecular flexibility index (Phi) is 9.24. The van der Waals surface area contributed by atoms with Gasteiger partial charge in [0, 0.05) is 52.0 Å². The third-order valence-corrected chi connectivity index (χ3v) is 5.93. The van der Waals surface area contributed by atoms with Gasteiger partial charge in [-0.25, -0.2) is 0 Å². The Morgan fingerprint density at radius 3 is 2.93 bits per heavy atom. The maximum absolute atomic E-state index is 6.12. The Labute approximate surface area is 181 Å². The minimum atomic E-state index is 0.216. The highest BCUT2D eigenvalue weighted by atomic mass is 16.5. The van der Waals surface area contributed by atoms with Crippen molar-refractivity contribution in [3.05, 3.63) is 29.3 Å². The van der Waals surface area contributed by atoms with Gasteiger partial charge in [-0.15, -0.1) is 0 Å². The number of likely N-dealkylation sites (tertiary alicyclic amines) is 1. The van der Waals surface area contributed by atoms with E-state index in [-0.39, 0.29) is 6.10 Å². The zero-order valence-corrected chi connectivity index (χ0v) is 18.8. The van der Waals surface area contributed by atoms with E-state index in [1.807, 2.05) is 7.05 Å². The van der Waals surface area contributed by atoms with Crippen LogP contribution in [0.15, 0.2) is 23.2 Å². The monoisotopic (exact) mass is 418 g/mol. The van der Waals surface area contributed by atoms with Crippen LogP contribution in [0.4, 0.5) is 0 Å². The fourth-order valence-corrected chi connectivity index (χ4v) is 4.14. The molecule has 0 spiro atoms. The van der Waals surface area contributed by atoms with Crippen LogP contribution >= 0.6 is 0 Å². The number of methoxy groups -OCH3 is 1. The zero-order chi connectivity index (χ0) is 21.2. The van der Waals surface area contributed by atoms with Gasteiger partial charge in [-0.05, 0) is 50.8 Å². The van der Waals surface area contributed by atoms with Crippen LogP contribution in [0.5, 0.6) is 5.75 Å². The van der Waals surface area contributed by atoms with Crippen LogP contribution in [0.1, 0.15) is 36.8 Å². The SMILES string of the molecule is CN=C(NCc1ccc(C)cc1OCC1CCCO1)NCC1CCCN1CCOC. The maximum Gasteiger partial charge on any atom is 0.191 e. The van der Waals surface area contributed by atoms with Crippen molar-refractivity contribution >= 4 is 5.96 Å². The number of guanidine groups is 1. The summed E-state index contributed by atoms with van der Waals surface area (Å²) in [4.78, 5) is 6.90. The molecular formula is C23H38N4O3. The van der Waals surface area contributed by atoms with E-state index >= 15 is 0 Å². The van der Waals surface area contributed by atoms with Crippen LogP contribution in [0, 0.1) is 6.92 Å². The molecule has 7 heteroatoms. The molecule has 0 saturated carbocycles. The molecule has 0 bridgehead atoms. The summed E-state index contributed by atoms with van der Waals surface area (Å²) >= 11 is 0. The molecule has 2 N–H and O–H groups in total. The molecule has 0 aromatic heterocycles. The van der Waals surface area contributed by atoms with Crippen molar-refractivity contribution in [1.82, 2.24) is 15.5 Å². The van der Waals surface area contributed by atoms with Crippen molar-refractivity contribution in [3.63, 3.8) is 0 Å². The Balaban J connectivity index is 1.49. The summed E-state index contributed by atoms with van der Waals surface area (Å²) in [7, 11) is 3.58. The van der Waals surface area contributed by atoms with Gasteiger partial charge in [-0.3, -0.25) is 9.89 Å². The summed E-state index contributed by atoms with van der Waals surface area (Å²) in [5.41, 5.74) is 2.32. The Hall–Kier alpha value is -1.83. The molecule has 1 aromatic carbocycles. The first kappa shape index (κ1) is 22.8. The Morgan fingerprint density at radius 2 is 2.17 bits per heavy atom. The number of hydrogen-bond donors (Lipinski definition) is 2. The summed E-state index contributed by atoms with van der Waals surface area (Å²) in [6, 6.07) is 6.89. The van der Waals surface area contributed by atoms with Crippen LogP contribution in [0.3, 0.4) is 0 Å². The van der Waals surface area contributed by atoms with E-state index in [1.165, 1.54) is 18.4 Å². The molecule has 7 nitrogen and oxygen atoms in total. The van der Waals surface area contributed by atoms with Gasteiger partial charge >= 0.3 is 0 Å². The van der Waals surface area contributed by atoms with Gasteiger partial charge in [0.15, 0.2) is 5.96 Å². The summed E-state index contributed by atoms with van der Waals surface area (Å²) in [5.74, 6) is 1.74. The molecule has 2 aliphatic rings. The number of benzene rings is 1. The molecular weight excluding hydrogens is 380 g/mol. The van der Waals surface area contributed by atoms with Crippen molar-refractivity contribution in [3.8, 4) is 5.75 Å². The summed E-state index contributed by atoms with van der Waals surface area (Å²) in [6.07, 6.45) is 4.89. The normalized spacial score (nSPS) is 22.4. The predicted octanol–water partition coefficient (Wildman–Crippen LogP) is 2.33. The molecule has 3 rings (SSSR count). The minimum absolute atomic E-state index is 0.216. The third-order valence-electron chi connectivity index (χ3n) is 5.93. The highest BCUT2D eigenvalue weighted by molar-refractivity contribution is 5.79. The average molecular weight is 419 g/mol. The van der Waals surface area contributed by atoms with Gasteiger partial charge in [0.05, 0.1) is 12.7 Å². The van der Waals surface area contributed by atoms with E-state index in [2.05, 4.69) is 45.6 Å². The molecule has 2 fully saturated rings. The average Bonchev–Trinajstić information content (AvgIpc) is 3.43. The summed E-state index contributed by atoms with van der Waals surface area (Å²) < 4.78 is 17.0. The zero-order valence-electron chi connectivity index (χ0n) is 18.8. The van der Waals surface area contributed by atoms with Crippen LogP contribution in [0.2, 0.25) is 0 Å². The van der Waals surface area contributed by atoms with Crippen molar-refractivity contribution in [2.75, 3.05) is 53.6 Å². The second-order valence-electron chi connectivity index (χ2n) is 8.19. The second kappa shape index (κ2) is 12.1. The first-order valence-electron chi connectivity index (χ1n) is 11.2. The van der Waals surface area contributed by atoms with Gasteiger partial charge < -0.3 is 24.8 Å². The minimum Gasteiger partial charge on any atom is -0.491 e. The lowest BCUT2D eigenvalue weighted by atomic mass is 10.1. The molecule has 2 heterocycles. The maximum atomic E-state index is 6.12. The van der Waals surface area contributed by atoms with Gasteiger partial charge in [0.1, 0.15) is 12.4 Å². The van der Waals surface area contributed by atoms with Crippen molar-refractivity contribution in [2.45, 2.75) is 51.3 Å². The third kappa shape index (κ3) is 6.86. The van der Waals surface area contributed by atoms with E-state index in [4.69, 9.17) is 14.2 Å². The first-order valence-corrected chi connectivity index (χ1v) is 11.2. The van der Waals surface area contributed by atoms with Crippen LogP contribution in [-0.2, 0) is 16.0 Å². The standard InChI is InChI=1S/C23H38N4O3/c1-18-8-9-19(22(14-18)30-17-21-7-5-12-29-21)15-25-23(24-2)26-16-20-6-4-10-27(20)11-13-28-3/h8-9,14,20-21H,4-7,10-13,15-17H2,1-3H3,(H2,24,25,26).